The third-order valence-corrected chi connectivity index (χ3v) is 2.75. The molecule has 100 valence electrons. The van der Waals surface area contributed by atoms with E-state index >= 15 is 0 Å². The molecule has 0 aliphatic carbocycles. The minimum absolute atomic E-state index is 0.0834. The second-order valence-electron chi connectivity index (χ2n) is 4.24. The third kappa shape index (κ3) is 3.62. The predicted octanol–water partition coefficient (Wildman–Crippen LogP) is 1.80. The molecule has 2 rings (SSSR count). The Labute approximate surface area is 111 Å². The van der Waals surface area contributed by atoms with Gasteiger partial charge in [0.15, 0.2) is 0 Å². The van der Waals surface area contributed by atoms with E-state index in [0.717, 1.165) is 17.7 Å². The van der Waals surface area contributed by atoms with Crippen molar-refractivity contribution >= 4 is 11.6 Å². The van der Waals surface area contributed by atoms with E-state index in [1.54, 1.807) is 12.1 Å². The molecule has 2 aromatic rings. The summed E-state index contributed by atoms with van der Waals surface area (Å²) >= 11 is 0. The van der Waals surface area contributed by atoms with E-state index in [1.165, 1.54) is 6.39 Å². The molecule has 0 fully saturated rings. The van der Waals surface area contributed by atoms with Crippen LogP contribution in [0.15, 0.2) is 35.1 Å². The van der Waals surface area contributed by atoms with Crippen LogP contribution in [0.3, 0.4) is 0 Å². The zero-order chi connectivity index (χ0) is 13.7. The summed E-state index contributed by atoms with van der Waals surface area (Å²) in [6, 6.07) is 7.09. The van der Waals surface area contributed by atoms with Crippen LogP contribution >= 0.6 is 0 Å². The molecule has 0 saturated carbocycles. The molecule has 1 amide bonds. The number of nitrogens with one attached hydrogen (secondary N) is 1. The van der Waals surface area contributed by atoms with E-state index in [0.29, 0.717) is 12.3 Å². The van der Waals surface area contributed by atoms with Crippen LogP contribution in [0.4, 0.5) is 5.69 Å². The van der Waals surface area contributed by atoms with Crippen LogP contribution in [0.2, 0.25) is 0 Å². The van der Waals surface area contributed by atoms with Gasteiger partial charge in [-0.25, -0.2) is 0 Å². The van der Waals surface area contributed by atoms with Crippen molar-refractivity contribution < 1.29 is 9.21 Å². The SMILES string of the molecule is CCC(N)CC(=O)Nc1ccc(-c2nnco2)cc1. The molecule has 1 atom stereocenters. The molecular weight excluding hydrogens is 244 g/mol. The van der Waals surface area contributed by atoms with Gasteiger partial charge in [-0.2, -0.15) is 0 Å². The van der Waals surface area contributed by atoms with Gasteiger partial charge in [0.05, 0.1) is 0 Å². The molecule has 0 aliphatic heterocycles. The van der Waals surface area contributed by atoms with Crippen molar-refractivity contribution in [3.8, 4) is 11.5 Å². The maximum Gasteiger partial charge on any atom is 0.247 e. The van der Waals surface area contributed by atoms with Crippen molar-refractivity contribution in [1.29, 1.82) is 0 Å². The van der Waals surface area contributed by atoms with Gasteiger partial charge in [0.25, 0.3) is 0 Å². The Bertz CT molecular complexity index is 522. The standard InChI is InChI=1S/C13H16N4O2/c1-2-10(14)7-12(18)16-11-5-3-9(4-6-11)13-17-15-8-19-13/h3-6,8,10H,2,7,14H2,1H3,(H,16,18). The fourth-order valence-electron chi connectivity index (χ4n) is 1.59. The number of anilines is 1. The number of aromatic nitrogens is 2. The first-order valence-electron chi connectivity index (χ1n) is 6.11. The van der Waals surface area contributed by atoms with Crippen molar-refractivity contribution in [2.75, 3.05) is 5.32 Å². The summed E-state index contributed by atoms with van der Waals surface area (Å²) in [6.07, 6.45) is 2.38. The number of hydrogen-bond donors (Lipinski definition) is 2. The minimum Gasteiger partial charge on any atom is -0.423 e. The van der Waals surface area contributed by atoms with Crippen LogP contribution in [0, 0.1) is 0 Å². The highest BCUT2D eigenvalue weighted by Gasteiger charge is 2.08. The van der Waals surface area contributed by atoms with Gasteiger partial charge in [-0.1, -0.05) is 6.92 Å². The Balaban J connectivity index is 1.97. The summed E-state index contributed by atoms with van der Waals surface area (Å²) in [7, 11) is 0. The number of benzene rings is 1. The number of rotatable bonds is 5. The van der Waals surface area contributed by atoms with Gasteiger partial charge in [0.1, 0.15) is 0 Å². The lowest BCUT2D eigenvalue weighted by atomic mass is 10.1. The Morgan fingerprint density at radius 1 is 1.42 bits per heavy atom. The highest BCUT2D eigenvalue weighted by molar-refractivity contribution is 5.91. The van der Waals surface area contributed by atoms with Crippen LogP contribution in [-0.2, 0) is 4.79 Å². The molecule has 0 spiro atoms. The van der Waals surface area contributed by atoms with Crippen LogP contribution in [-0.4, -0.2) is 22.1 Å². The molecule has 0 saturated heterocycles. The summed E-state index contributed by atoms with van der Waals surface area (Å²) in [5, 5.41) is 10.2. The fraction of sp³-hybridized carbons (Fsp3) is 0.308. The van der Waals surface area contributed by atoms with Crippen molar-refractivity contribution in [1.82, 2.24) is 10.2 Å². The van der Waals surface area contributed by atoms with Crippen LogP contribution in [0.1, 0.15) is 19.8 Å². The normalized spacial score (nSPS) is 12.1. The van der Waals surface area contributed by atoms with E-state index < -0.39 is 0 Å². The predicted molar refractivity (Wildman–Crippen MR) is 71.2 cm³/mol. The van der Waals surface area contributed by atoms with Crippen LogP contribution < -0.4 is 11.1 Å². The first kappa shape index (κ1) is 13.2. The van der Waals surface area contributed by atoms with Gasteiger partial charge in [-0.05, 0) is 30.7 Å². The minimum atomic E-state index is -0.0994. The van der Waals surface area contributed by atoms with Gasteiger partial charge in [0.2, 0.25) is 18.2 Å². The molecule has 1 aromatic heterocycles. The van der Waals surface area contributed by atoms with Crippen molar-refractivity contribution in [2.45, 2.75) is 25.8 Å². The fourth-order valence-corrected chi connectivity index (χ4v) is 1.59. The number of amides is 1. The quantitative estimate of drug-likeness (QED) is 0.854. The lowest BCUT2D eigenvalue weighted by molar-refractivity contribution is -0.116. The Kier molecular flexibility index (Phi) is 4.25. The molecule has 0 bridgehead atoms. The highest BCUT2D eigenvalue weighted by atomic mass is 16.4. The van der Waals surface area contributed by atoms with Crippen LogP contribution in [0.5, 0.6) is 0 Å². The molecule has 0 aliphatic rings. The van der Waals surface area contributed by atoms with Crippen molar-refractivity contribution in [2.24, 2.45) is 5.73 Å². The van der Waals surface area contributed by atoms with Gasteiger partial charge in [0, 0.05) is 23.7 Å². The molecule has 0 radical (unpaired) electrons. The average molecular weight is 260 g/mol. The number of nitrogens with zero attached hydrogens (tertiary/aromatic N) is 2. The van der Waals surface area contributed by atoms with Gasteiger partial charge >= 0.3 is 0 Å². The van der Waals surface area contributed by atoms with Crippen molar-refractivity contribution in [3.63, 3.8) is 0 Å². The molecular formula is C13H16N4O2. The zero-order valence-electron chi connectivity index (χ0n) is 10.7. The molecule has 1 unspecified atom stereocenters. The maximum atomic E-state index is 11.7. The maximum absolute atomic E-state index is 11.7. The number of carbonyl (C=O) groups excluding carboxylic acids is 1. The third-order valence-electron chi connectivity index (χ3n) is 2.75. The first-order valence-corrected chi connectivity index (χ1v) is 6.11. The lowest BCUT2D eigenvalue weighted by Crippen LogP contribution is -2.26. The van der Waals surface area contributed by atoms with Gasteiger partial charge < -0.3 is 15.5 Å². The summed E-state index contributed by atoms with van der Waals surface area (Å²) in [5.41, 5.74) is 7.25. The number of carbonyl (C=O) groups is 1. The van der Waals surface area contributed by atoms with E-state index in [2.05, 4.69) is 15.5 Å². The second-order valence-corrected chi connectivity index (χ2v) is 4.24. The van der Waals surface area contributed by atoms with Gasteiger partial charge in [-0.15, -0.1) is 10.2 Å². The molecule has 6 heteroatoms. The molecule has 1 aromatic carbocycles. The second kappa shape index (κ2) is 6.10. The van der Waals surface area contributed by atoms with E-state index in [1.807, 2.05) is 19.1 Å². The highest BCUT2D eigenvalue weighted by Crippen LogP contribution is 2.18. The van der Waals surface area contributed by atoms with E-state index in [4.69, 9.17) is 10.2 Å². The molecule has 6 nitrogen and oxygen atoms in total. The topological polar surface area (TPSA) is 94.0 Å². The monoisotopic (exact) mass is 260 g/mol. The molecule has 19 heavy (non-hydrogen) atoms. The smallest absolute Gasteiger partial charge is 0.247 e. The number of hydrogen-bond acceptors (Lipinski definition) is 5. The first-order chi connectivity index (χ1) is 9.19. The largest absolute Gasteiger partial charge is 0.423 e. The van der Waals surface area contributed by atoms with E-state index in [-0.39, 0.29) is 11.9 Å². The van der Waals surface area contributed by atoms with Crippen molar-refractivity contribution in [3.05, 3.63) is 30.7 Å². The molecule has 3 N–H and O–H groups in total. The molecule has 1 heterocycles. The summed E-state index contributed by atoms with van der Waals surface area (Å²) < 4.78 is 5.08. The number of nitrogens with two attached hydrogens (primary N) is 1. The average Bonchev–Trinajstić information content (AvgIpc) is 2.93. The summed E-state index contributed by atoms with van der Waals surface area (Å²) in [4.78, 5) is 11.7. The van der Waals surface area contributed by atoms with E-state index in [9.17, 15) is 4.79 Å². The summed E-state index contributed by atoms with van der Waals surface area (Å²) in [6.45, 7) is 1.96. The summed E-state index contributed by atoms with van der Waals surface area (Å²) in [5.74, 6) is 0.366. The van der Waals surface area contributed by atoms with Gasteiger partial charge in [-0.3, -0.25) is 4.79 Å². The Hall–Kier alpha value is -2.21. The van der Waals surface area contributed by atoms with Crippen LogP contribution in [0.25, 0.3) is 11.5 Å². The Morgan fingerprint density at radius 2 is 2.16 bits per heavy atom. The lowest BCUT2D eigenvalue weighted by Gasteiger charge is -2.09. The Morgan fingerprint density at radius 3 is 2.74 bits per heavy atom. The zero-order valence-corrected chi connectivity index (χ0v) is 10.7.